The number of rotatable bonds is 17. The normalized spacial score (nSPS) is 13.7. The zero-order valence-corrected chi connectivity index (χ0v) is 28.2. The van der Waals surface area contributed by atoms with Gasteiger partial charge in [-0.15, -0.1) is 0 Å². The molecule has 0 saturated heterocycles. The minimum Gasteiger partial charge on any atom is -0.481 e. The molecule has 0 fully saturated rings. The third kappa shape index (κ3) is 12.3. The Morgan fingerprint density at radius 2 is 1.39 bits per heavy atom. The molecular formula is C35H46N6O8. The number of primary amides is 1. The smallest absolute Gasteiger partial charge is 0.408 e. The van der Waals surface area contributed by atoms with E-state index in [-0.39, 0.29) is 19.3 Å². The molecule has 8 N–H and O–H groups in total. The first-order chi connectivity index (χ1) is 23.2. The monoisotopic (exact) mass is 678 g/mol. The number of benzene rings is 2. The summed E-state index contributed by atoms with van der Waals surface area (Å²) < 4.78 is 5.39. The number of nitrogens with one attached hydrogen (secondary N) is 5. The van der Waals surface area contributed by atoms with Crippen LogP contribution in [0.3, 0.4) is 0 Å². The van der Waals surface area contributed by atoms with Crippen molar-refractivity contribution < 1.29 is 38.6 Å². The van der Waals surface area contributed by atoms with E-state index in [1.165, 1.54) is 0 Å². The van der Waals surface area contributed by atoms with E-state index in [1.807, 2.05) is 31.2 Å². The van der Waals surface area contributed by atoms with Crippen LogP contribution in [0.25, 0.3) is 10.9 Å². The first kappa shape index (κ1) is 38.1. The summed E-state index contributed by atoms with van der Waals surface area (Å²) in [7, 11) is 0. The maximum Gasteiger partial charge on any atom is 0.408 e. The Morgan fingerprint density at radius 3 is 2.02 bits per heavy atom. The van der Waals surface area contributed by atoms with Crippen molar-refractivity contribution in [3.05, 3.63) is 71.9 Å². The number of aliphatic carboxylic acids is 1. The second-order valence-electron chi connectivity index (χ2n) is 12.8. The van der Waals surface area contributed by atoms with Crippen LogP contribution in [0.4, 0.5) is 4.79 Å². The van der Waals surface area contributed by atoms with E-state index in [9.17, 15) is 33.9 Å². The van der Waals surface area contributed by atoms with Crippen molar-refractivity contribution in [3.8, 4) is 0 Å². The Bertz CT molecular complexity index is 1620. The number of aromatic nitrogens is 1. The summed E-state index contributed by atoms with van der Waals surface area (Å²) in [4.78, 5) is 80.5. The van der Waals surface area contributed by atoms with Gasteiger partial charge in [-0.1, -0.05) is 68.3 Å². The Hall–Kier alpha value is -5.40. The lowest BCUT2D eigenvalue weighted by Crippen LogP contribution is -2.59. The van der Waals surface area contributed by atoms with Gasteiger partial charge in [0, 0.05) is 29.9 Å². The number of hydrogen-bond acceptors (Lipinski definition) is 7. The fourth-order valence-corrected chi connectivity index (χ4v) is 5.13. The molecule has 4 atom stereocenters. The summed E-state index contributed by atoms with van der Waals surface area (Å²) in [6.07, 6.45) is 1.51. The molecule has 3 rings (SSSR count). The predicted molar refractivity (Wildman–Crippen MR) is 182 cm³/mol. The van der Waals surface area contributed by atoms with E-state index in [2.05, 4.69) is 26.3 Å². The van der Waals surface area contributed by atoms with Crippen molar-refractivity contribution in [2.45, 2.75) is 96.0 Å². The van der Waals surface area contributed by atoms with Crippen molar-refractivity contribution in [2.24, 2.45) is 5.73 Å². The molecule has 49 heavy (non-hydrogen) atoms. The third-order valence-electron chi connectivity index (χ3n) is 7.54. The lowest BCUT2D eigenvalue weighted by atomic mass is 10.0. The number of fused-ring (bicyclic) bond motifs is 1. The first-order valence-electron chi connectivity index (χ1n) is 16.2. The molecule has 264 valence electrons. The van der Waals surface area contributed by atoms with Gasteiger partial charge >= 0.3 is 12.1 Å². The van der Waals surface area contributed by atoms with Gasteiger partial charge in [-0.05, 0) is 44.4 Å². The molecular weight excluding hydrogens is 632 g/mol. The van der Waals surface area contributed by atoms with Gasteiger partial charge in [0.05, 0.1) is 6.42 Å². The maximum absolute atomic E-state index is 13.8. The van der Waals surface area contributed by atoms with Gasteiger partial charge in [-0.2, -0.15) is 0 Å². The zero-order valence-electron chi connectivity index (χ0n) is 28.2. The second kappa shape index (κ2) is 17.7. The van der Waals surface area contributed by atoms with Crippen LogP contribution in [0, 0.1) is 0 Å². The summed E-state index contributed by atoms with van der Waals surface area (Å²) in [6, 6.07) is 11.1. The zero-order chi connectivity index (χ0) is 36.1. The van der Waals surface area contributed by atoms with Gasteiger partial charge in [-0.3, -0.25) is 24.0 Å². The van der Waals surface area contributed by atoms with Crippen molar-refractivity contribution in [3.63, 3.8) is 0 Å². The van der Waals surface area contributed by atoms with Gasteiger partial charge in [0.2, 0.25) is 23.6 Å². The number of H-pyrrole nitrogens is 1. The SMILES string of the molecule is CCCC[C@H](NC(=O)[C@@H](Cc1c[nH]c2ccccc12)NC(=O)OC(C)(C)C)C(=O)N[C@@H](CC(=O)O)C(=O)N[C@@H](Cc1ccccc1)C(N)=O. The Labute approximate surface area is 284 Å². The molecule has 0 aliphatic heterocycles. The van der Waals surface area contributed by atoms with Crippen LogP contribution >= 0.6 is 0 Å². The first-order valence-corrected chi connectivity index (χ1v) is 16.2. The Balaban J connectivity index is 1.81. The Morgan fingerprint density at radius 1 is 0.796 bits per heavy atom. The molecule has 14 nitrogen and oxygen atoms in total. The van der Waals surface area contributed by atoms with Crippen LogP contribution in [-0.2, 0) is 41.6 Å². The highest BCUT2D eigenvalue weighted by Crippen LogP contribution is 2.20. The van der Waals surface area contributed by atoms with E-state index in [0.29, 0.717) is 18.4 Å². The molecule has 14 heteroatoms. The largest absolute Gasteiger partial charge is 0.481 e. The number of unbranched alkanes of at least 4 members (excludes halogenated alkanes) is 1. The van der Waals surface area contributed by atoms with E-state index in [0.717, 1.165) is 16.5 Å². The standard InChI is InChI=1S/C35H46N6O8/c1-5-6-15-25(31(45)40-28(19-29(42)43)33(47)39-26(30(36)44)17-21-12-8-7-9-13-21)38-32(46)27(41-34(48)49-35(2,3)4)18-22-20-37-24-16-11-10-14-23(22)24/h7-14,16,20,25-28,37H,5-6,15,17-19H2,1-4H3,(H2,36,44)(H,38,46)(H,39,47)(H,40,45)(H,41,48)(H,42,43)/t25-,26-,27+,28-/m0/s1. The number of carbonyl (C=O) groups excluding carboxylic acids is 5. The third-order valence-corrected chi connectivity index (χ3v) is 7.54. The van der Waals surface area contributed by atoms with Crippen LogP contribution in [0.1, 0.15) is 64.5 Å². The Kier molecular flexibility index (Phi) is 13.7. The second-order valence-corrected chi connectivity index (χ2v) is 12.8. The fourth-order valence-electron chi connectivity index (χ4n) is 5.13. The van der Waals surface area contributed by atoms with Crippen LogP contribution in [-0.4, -0.2) is 75.6 Å². The van der Waals surface area contributed by atoms with Crippen LogP contribution in [0.15, 0.2) is 60.8 Å². The highest BCUT2D eigenvalue weighted by Gasteiger charge is 2.33. The molecule has 0 spiro atoms. The number of amides is 5. The van der Waals surface area contributed by atoms with E-state index >= 15 is 0 Å². The van der Waals surface area contributed by atoms with E-state index in [1.54, 1.807) is 57.3 Å². The maximum atomic E-state index is 13.8. The summed E-state index contributed by atoms with van der Waals surface area (Å²) >= 11 is 0. The number of hydrogen-bond donors (Lipinski definition) is 7. The molecule has 0 radical (unpaired) electrons. The van der Waals surface area contributed by atoms with Gasteiger partial charge < -0.3 is 41.8 Å². The lowest BCUT2D eigenvalue weighted by molar-refractivity contribution is -0.141. The van der Waals surface area contributed by atoms with Crippen molar-refractivity contribution >= 4 is 46.6 Å². The number of carbonyl (C=O) groups is 6. The number of carboxylic acids is 1. The van der Waals surface area contributed by atoms with Crippen molar-refractivity contribution in [1.29, 1.82) is 0 Å². The number of aromatic amines is 1. The molecule has 0 saturated carbocycles. The average molecular weight is 679 g/mol. The molecule has 0 unspecified atom stereocenters. The van der Waals surface area contributed by atoms with Crippen molar-refractivity contribution in [2.75, 3.05) is 0 Å². The molecule has 0 aliphatic carbocycles. The van der Waals surface area contributed by atoms with E-state index < -0.39 is 71.9 Å². The number of ether oxygens (including phenoxy) is 1. The lowest BCUT2D eigenvalue weighted by Gasteiger charge is -2.26. The van der Waals surface area contributed by atoms with Gasteiger partial charge in [0.1, 0.15) is 29.8 Å². The number of carboxylic acid groups (broad SMARTS) is 1. The quantitative estimate of drug-likeness (QED) is 0.112. The van der Waals surface area contributed by atoms with Crippen LogP contribution in [0.5, 0.6) is 0 Å². The molecule has 1 aromatic heterocycles. The van der Waals surface area contributed by atoms with Gasteiger partial charge in [0.15, 0.2) is 0 Å². The molecule has 5 amide bonds. The summed E-state index contributed by atoms with van der Waals surface area (Å²) in [5.41, 5.74) is 6.95. The summed E-state index contributed by atoms with van der Waals surface area (Å²) in [5, 5.41) is 20.6. The highest BCUT2D eigenvalue weighted by atomic mass is 16.6. The number of para-hydroxylation sites is 1. The van der Waals surface area contributed by atoms with Crippen LogP contribution < -0.4 is 27.0 Å². The minimum atomic E-state index is -1.59. The van der Waals surface area contributed by atoms with E-state index in [4.69, 9.17) is 10.5 Å². The van der Waals surface area contributed by atoms with Gasteiger partial charge in [-0.25, -0.2) is 4.79 Å². The van der Waals surface area contributed by atoms with Gasteiger partial charge in [0.25, 0.3) is 0 Å². The molecule has 0 aliphatic rings. The fraction of sp³-hybridized carbons (Fsp3) is 0.429. The summed E-state index contributed by atoms with van der Waals surface area (Å²) in [6.45, 7) is 6.94. The van der Waals surface area contributed by atoms with Crippen molar-refractivity contribution in [1.82, 2.24) is 26.3 Å². The number of alkyl carbamates (subject to hydrolysis) is 1. The topological polar surface area (TPSA) is 222 Å². The molecule has 1 heterocycles. The molecule has 2 aromatic carbocycles. The molecule has 0 bridgehead atoms. The number of nitrogens with two attached hydrogens (primary N) is 1. The predicted octanol–water partition coefficient (Wildman–Crippen LogP) is 2.45. The average Bonchev–Trinajstić information content (AvgIpc) is 3.43. The molecule has 3 aromatic rings. The minimum absolute atomic E-state index is 0.0489. The highest BCUT2D eigenvalue weighted by molar-refractivity contribution is 5.96. The summed E-state index contributed by atoms with van der Waals surface area (Å²) in [5.74, 6) is -4.66. The van der Waals surface area contributed by atoms with Crippen LogP contribution in [0.2, 0.25) is 0 Å².